The van der Waals surface area contributed by atoms with Crippen molar-refractivity contribution in [3.05, 3.63) is 47.9 Å². The maximum absolute atomic E-state index is 12.2. The van der Waals surface area contributed by atoms with Crippen LogP contribution in [0.25, 0.3) is 10.9 Å². The maximum atomic E-state index is 12.2. The lowest BCUT2D eigenvalue weighted by Gasteiger charge is -2.03. The third kappa shape index (κ3) is 2.18. The van der Waals surface area contributed by atoms with E-state index in [1.54, 1.807) is 30.6 Å². The Morgan fingerprint density at radius 2 is 2.15 bits per heavy atom. The van der Waals surface area contributed by atoms with Crippen LogP contribution in [0.4, 0.5) is 11.4 Å². The molecule has 0 atom stereocenters. The van der Waals surface area contributed by atoms with Crippen molar-refractivity contribution in [1.82, 2.24) is 15.2 Å². The van der Waals surface area contributed by atoms with Crippen molar-refractivity contribution in [3.63, 3.8) is 0 Å². The van der Waals surface area contributed by atoms with Gasteiger partial charge >= 0.3 is 0 Å². The van der Waals surface area contributed by atoms with E-state index in [1.165, 1.54) is 0 Å². The fourth-order valence-corrected chi connectivity index (χ4v) is 2.02. The van der Waals surface area contributed by atoms with Crippen molar-refractivity contribution in [2.45, 2.75) is 6.92 Å². The molecule has 0 unspecified atom stereocenters. The van der Waals surface area contributed by atoms with Crippen LogP contribution in [0.2, 0.25) is 0 Å². The molecule has 0 spiro atoms. The lowest BCUT2D eigenvalue weighted by atomic mass is 10.2. The van der Waals surface area contributed by atoms with Gasteiger partial charge in [-0.1, -0.05) is 0 Å². The molecule has 2 aromatic heterocycles. The van der Waals surface area contributed by atoms with E-state index in [1.807, 2.05) is 13.0 Å². The van der Waals surface area contributed by atoms with Crippen LogP contribution >= 0.6 is 0 Å². The van der Waals surface area contributed by atoms with Crippen LogP contribution < -0.4 is 11.1 Å². The molecule has 0 radical (unpaired) electrons. The second kappa shape index (κ2) is 4.65. The number of aryl methyl sites for hydroxylation is 1. The van der Waals surface area contributed by atoms with Gasteiger partial charge in [0.05, 0.1) is 17.4 Å². The minimum atomic E-state index is -0.297. The molecule has 1 amide bonds. The summed E-state index contributed by atoms with van der Waals surface area (Å²) in [6.45, 7) is 1.91. The maximum Gasteiger partial charge on any atom is 0.276 e. The Kier molecular flexibility index (Phi) is 2.83. The number of anilines is 2. The Morgan fingerprint density at radius 3 is 2.95 bits per heavy atom. The molecule has 0 bridgehead atoms. The molecule has 3 rings (SSSR count). The summed E-state index contributed by atoms with van der Waals surface area (Å²) in [6, 6.07) is 7.12. The van der Waals surface area contributed by atoms with Gasteiger partial charge in [0.25, 0.3) is 5.91 Å². The van der Waals surface area contributed by atoms with Crippen molar-refractivity contribution >= 4 is 28.2 Å². The number of nitrogens with two attached hydrogens (primary N) is 1. The van der Waals surface area contributed by atoms with Gasteiger partial charge in [0, 0.05) is 17.3 Å². The highest BCUT2D eigenvalue weighted by atomic mass is 16.1. The van der Waals surface area contributed by atoms with Gasteiger partial charge in [0.1, 0.15) is 0 Å². The summed E-state index contributed by atoms with van der Waals surface area (Å²) in [5.74, 6) is -0.297. The van der Waals surface area contributed by atoms with Crippen molar-refractivity contribution in [2.75, 3.05) is 11.1 Å². The lowest BCUT2D eigenvalue weighted by Crippen LogP contribution is -2.13. The molecule has 100 valence electrons. The normalized spacial score (nSPS) is 10.7. The number of carbonyl (C=O) groups excluding carboxylic acids is 1. The highest BCUT2D eigenvalue weighted by Gasteiger charge is 2.14. The molecule has 0 aliphatic rings. The number of amides is 1. The van der Waals surface area contributed by atoms with Crippen LogP contribution in [0.3, 0.4) is 0 Å². The zero-order chi connectivity index (χ0) is 14.1. The van der Waals surface area contributed by atoms with E-state index in [0.717, 1.165) is 11.1 Å². The highest BCUT2D eigenvalue weighted by Crippen LogP contribution is 2.20. The second-order valence-electron chi connectivity index (χ2n) is 4.58. The van der Waals surface area contributed by atoms with Crippen LogP contribution in [-0.4, -0.2) is 21.1 Å². The number of aromatic nitrogens is 3. The Morgan fingerprint density at radius 1 is 1.30 bits per heavy atom. The standard InChI is InChI=1S/C14H13N5O/c1-8-4-10(7-16-6-8)17-14(20)13-11-5-9(15)2-3-12(11)18-19-13/h2-7H,15H2,1H3,(H,17,20)(H,18,19). The predicted molar refractivity (Wildman–Crippen MR) is 77.4 cm³/mol. The molecule has 0 saturated heterocycles. The predicted octanol–water partition coefficient (Wildman–Crippen LogP) is 2.10. The van der Waals surface area contributed by atoms with E-state index >= 15 is 0 Å². The second-order valence-corrected chi connectivity index (χ2v) is 4.58. The van der Waals surface area contributed by atoms with Crippen molar-refractivity contribution in [1.29, 1.82) is 0 Å². The van der Waals surface area contributed by atoms with Crippen LogP contribution in [0.5, 0.6) is 0 Å². The molecule has 0 saturated carbocycles. The van der Waals surface area contributed by atoms with Gasteiger partial charge in [-0.15, -0.1) is 0 Å². The number of pyridine rings is 1. The lowest BCUT2D eigenvalue weighted by molar-refractivity contribution is 0.102. The number of rotatable bonds is 2. The third-order valence-corrected chi connectivity index (χ3v) is 2.93. The van der Waals surface area contributed by atoms with Crippen molar-refractivity contribution in [3.8, 4) is 0 Å². The fourth-order valence-electron chi connectivity index (χ4n) is 2.02. The fraction of sp³-hybridized carbons (Fsp3) is 0.0714. The first kappa shape index (κ1) is 12.2. The van der Waals surface area contributed by atoms with Crippen LogP contribution in [0, 0.1) is 6.92 Å². The first-order valence-electron chi connectivity index (χ1n) is 6.10. The van der Waals surface area contributed by atoms with Gasteiger partial charge in [0.15, 0.2) is 5.69 Å². The number of carbonyl (C=O) groups is 1. The molecular formula is C14H13N5O. The number of fused-ring (bicyclic) bond motifs is 1. The Balaban J connectivity index is 1.94. The average Bonchev–Trinajstić information content (AvgIpc) is 2.81. The molecule has 6 nitrogen and oxygen atoms in total. The number of nitrogens with zero attached hydrogens (tertiary/aromatic N) is 2. The van der Waals surface area contributed by atoms with Gasteiger partial charge < -0.3 is 11.1 Å². The number of nitrogens with one attached hydrogen (secondary N) is 2. The summed E-state index contributed by atoms with van der Waals surface area (Å²) in [4.78, 5) is 16.3. The van der Waals surface area contributed by atoms with Crippen LogP contribution in [0.15, 0.2) is 36.7 Å². The quantitative estimate of drug-likeness (QED) is 0.619. The third-order valence-electron chi connectivity index (χ3n) is 2.93. The summed E-state index contributed by atoms with van der Waals surface area (Å²) in [5, 5.41) is 10.3. The van der Waals surface area contributed by atoms with Crippen LogP contribution in [0.1, 0.15) is 16.1 Å². The summed E-state index contributed by atoms with van der Waals surface area (Å²) in [6.07, 6.45) is 3.31. The zero-order valence-corrected chi connectivity index (χ0v) is 10.8. The van der Waals surface area contributed by atoms with E-state index in [-0.39, 0.29) is 5.91 Å². The molecule has 0 aliphatic heterocycles. The summed E-state index contributed by atoms with van der Waals surface area (Å²) >= 11 is 0. The molecular weight excluding hydrogens is 254 g/mol. The topological polar surface area (TPSA) is 96.7 Å². The minimum absolute atomic E-state index is 0.297. The molecule has 3 aromatic rings. The van der Waals surface area contributed by atoms with E-state index < -0.39 is 0 Å². The molecule has 2 heterocycles. The van der Waals surface area contributed by atoms with E-state index in [2.05, 4.69) is 20.5 Å². The van der Waals surface area contributed by atoms with Gasteiger partial charge in [-0.3, -0.25) is 14.9 Å². The first-order valence-corrected chi connectivity index (χ1v) is 6.10. The summed E-state index contributed by atoms with van der Waals surface area (Å²) in [7, 11) is 0. The monoisotopic (exact) mass is 267 g/mol. The number of hydrogen-bond donors (Lipinski definition) is 3. The SMILES string of the molecule is Cc1cncc(NC(=O)c2n[nH]c3ccc(N)cc23)c1. The number of benzene rings is 1. The van der Waals surface area contributed by atoms with Crippen molar-refractivity contribution < 1.29 is 4.79 Å². The summed E-state index contributed by atoms with van der Waals surface area (Å²) in [5.41, 5.74) is 9.02. The summed E-state index contributed by atoms with van der Waals surface area (Å²) < 4.78 is 0. The largest absolute Gasteiger partial charge is 0.399 e. The number of hydrogen-bond acceptors (Lipinski definition) is 4. The molecule has 0 aliphatic carbocycles. The number of nitrogen functional groups attached to an aromatic ring is 1. The van der Waals surface area contributed by atoms with E-state index in [4.69, 9.17) is 5.73 Å². The smallest absolute Gasteiger partial charge is 0.276 e. The number of aromatic amines is 1. The minimum Gasteiger partial charge on any atom is -0.399 e. The van der Waals surface area contributed by atoms with Gasteiger partial charge in [-0.05, 0) is 36.8 Å². The highest BCUT2D eigenvalue weighted by molar-refractivity contribution is 6.11. The van der Waals surface area contributed by atoms with E-state index in [9.17, 15) is 4.79 Å². The van der Waals surface area contributed by atoms with Gasteiger partial charge in [0.2, 0.25) is 0 Å². The van der Waals surface area contributed by atoms with E-state index in [0.29, 0.717) is 22.5 Å². The zero-order valence-electron chi connectivity index (χ0n) is 10.8. The van der Waals surface area contributed by atoms with Gasteiger partial charge in [-0.25, -0.2) is 0 Å². The number of H-pyrrole nitrogens is 1. The molecule has 0 fully saturated rings. The Bertz CT molecular complexity index is 793. The van der Waals surface area contributed by atoms with Gasteiger partial charge in [-0.2, -0.15) is 5.10 Å². The average molecular weight is 267 g/mol. The Labute approximate surface area is 115 Å². The molecule has 20 heavy (non-hydrogen) atoms. The first-order chi connectivity index (χ1) is 9.63. The van der Waals surface area contributed by atoms with Crippen molar-refractivity contribution in [2.24, 2.45) is 0 Å². The van der Waals surface area contributed by atoms with Crippen LogP contribution in [-0.2, 0) is 0 Å². The molecule has 1 aromatic carbocycles. The molecule has 4 N–H and O–H groups in total. The Hall–Kier alpha value is -2.89. The molecule has 6 heteroatoms.